The first-order chi connectivity index (χ1) is 20.7. The lowest BCUT2D eigenvalue weighted by atomic mass is 9.85. The van der Waals surface area contributed by atoms with E-state index in [-0.39, 0.29) is 0 Å². The molecule has 9 aromatic rings. The van der Waals surface area contributed by atoms with Gasteiger partial charge in [0, 0.05) is 16.3 Å². The third-order valence-corrected chi connectivity index (χ3v) is 8.92. The first kappa shape index (κ1) is 23.3. The Morgan fingerprint density at radius 1 is 0.405 bits per heavy atom. The monoisotopic (exact) mass is 534 g/mol. The maximum Gasteiger partial charge on any atom is 0.143 e. The van der Waals surface area contributed by atoms with E-state index in [0.29, 0.717) is 0 Å². The second-order valence-corrected chi connectivity index (χ2v) is 11.4. The van der Waals surface area contributed by atoms with E-state index in [1.54, 1.807) is 0 Å². The van der Waals surface area contributed by atoms with E-state index in [1.165, 1.54) is 60.1 Å². The Kier molecular flexibility index (Phi) is 4.88. The van der Waals surface area contributed by atoms with Gasteiger partial charge < -0.3 is 4.42 Å². The molecule has 0 N–H and O–H groups in total. The van der Waals surface area contributed by atoms with Crippen molar-refractivity contribution in [2.75, 3.05) is 0 Å². The second-order valence-electron chi connectivity index (χ2n) is 11.4. The standard InChI is InChI=1S/C41H26O/c1-25-12-14-27(15-13-25)36-24-37(34-23-21-30-7-4-6-29-20-22-33(36)40(34)39(29)30)28-18-16-26(17-19-28)31-9-5-10-35-32-8-2-3-11-38(32)42-41(31)35/h2-24H,1H3. The summed E-state index contributed by atoms with van der Waals surface area (Å²) in [7, 11) is 0. The van der Waals surface area contributed by atoms with Crippen molar-refractivity contribution in [3.05, 3.63) is 145 Å². The van der Waals surface area contributed by atoms with Crippen LogP contribution in [0.5, 0.6) is 0 Å². The van der Waals surface area contributed by atoms with Gasteiger partial charge in [0.1, 0.15) is 11.2 Å². The van der Waals surface area contributed by atoms with Crippen molar-refractivity contribution in [3.8, 4) is 33.4 Å². The molecule has 0 unspecified atom stereocenters. The minimum absolute atomic E-state index is 0.925. The third kappa shape index (κ3) is 3.37. The van der Waals surface area contributed by atoms with Gasteiger partial charge in [-0.25, -0.2) is 0 Å². The van der Waals surface area contributed by atoms with Gasteiger partial charge >= 0.3 is 0 Å². The number of benzene rings is 8. The quantitative estimate of drug-likeness (QED) is 0.205. The van der Waals surface area contributed by atoms with E-state index in [1.807, 2.05) is 12.1 Å². The molecule has 1 nitrogen and oxygen atoms in total. The van der Waals surface area contributed by atoms with Crippen LogP contribution in [0.3, 0.4) is 0 Å². The summed E-state index contributed by atoms with van der Waals surface area (Å²) in [6.07, 6.45) is 0. The normalized spacial score (nSPS) is 11.9. The summed E-state index contributed by atoms with van der Waals surface area (Å²) in [4.78, 5) is 0. The van der Waals surface area contributed by atoms with E-state index in [9.17, 15) is 0 Å². The molecule has 9 rings (SSSR count). The van der Waals surface area contributed by atoms with E-state index in [4.69, 9.17) is 4.42 Å². The van der Waals surface area contributed by atoms with Gasteiger partial charge in [0.05, 0.1) is 0 Å². The van der Waals surface area contributed by atoms with Gasteiger partial charge in [-0.05, 0) is 79.2 Å². The van der Waals surface area contributed by atoms with Gasteiger partial charge in [-0.3, -0.25) is 0 Å². The van der Waals surface area contributed by atoms with Crippen LogP contribution in [0.2, 0.25) is 0 Å². The molecule has 196 valence electrons. The molecule has 42 heavy (non-hydrogen) atoms. The molecule has 0 amide bonds. The Bertz CT molecular complexity index is 2420. The smallest absolute Gasteiger partial charge is 0.143 e. The Morgan fingerprint density at radius 3 is 1.67 bits per heavy atom. The van der Waals surface area contributed by atoms with Crippen LogP contribution in [-0.2, 0) is 0 Å². The largest absolute Gasteiger partial charge is 0.455 e. The highest BCUT2D eigenvalue weighted by Crippen LogP contribution is 2.44. The summed E-state index contributed by atoms with van der Waals surface area (Å²) in [6, 6.07) is 50.8. The molecule has 0 aliphatic rings. The molecule has 0 atom stereocenters. The zero-order valence-electron chi connectivity index (χ0n) is 23.2. The van der Waals surface area contributed by atoms with E-state index >= 15 is 0 Å². The lowest BCUT2D eigenvalue weighted by Gasteiger charge is -2.18. The van der Waals surface area contributed by atoms with Gasteiger partial charge in [-0.15, -0.1) is 0 Å². The number of aryl methyl sites for hydroxylation is 1. The molecular formula is C41H26O. The number of fused-ring (bicyclic) bond motifs is 3. The topological polar surface area (TPSA) is 13.1 Å². The zero-order chi connectivity index (χ0) is 27.8. The highest BCUT2D eigenvalue weighted by atomic mass is 16.3. The fourth-order valence-corrected chi connectivity index (χ4v) is 6.85. The first-order valence-electron chi connectivity index (χ1n) is 14.5. The predicted molar refractivity (Wildman–Crippen MR) is 178 cm³/mol. The Hall–Kier alpha value is -5.40. The minimum Gasteiger partial charge on any atom is -0.455 e. The van der Waals surface area contributed by atoms with Gasteiger partial charge in [0.2, 0.25) is 0 Å². The molecule has 0 aliphatic heterocycles. The van der Waals surface area contributed by atoms with E-state index < -0.39 is 0 Å². The zero-order valence-corrected chi connectivity index (χ0v) is 23.2. The Balaban J connectivity index is 1.27. The Morgan fingerprint density at radius 2 is 0.976 bits per heavy atom. The van der Waals surface area contributed by atoms with Crippen LogP contribution >= 0.6 is 0 Å². The third-order valence-electron chi connectivity index (χ3n) is 8.92. The molecule has 0 radical (unpaired) electrons. The molecule has 1 heterocycles. The number of furan rings is 1. The molecule has 0 spiro atoms. The highest BCUT2D eigenvalue weighted by Gasteiger charge is 2.17. The fourth-order valence-electron chi connectivity index (χ4n) is 6.85. The summed E-state index contributed by atoms with van der Waals surface area (Å²) in [5, 5.41) is 10.2. The van der Waals surface area contributed by atoms with Gasteiger partial charge in [0.15, 0.2) is 0 Å². The van der Waals surface area contributed by atoms with Crippen molar-refractivity contribution in [1.29, 1.82) is 0 Å². The number of hydrogen-bond donors (Lipinski definition) is 0. The van der Waals surface area contributed by atoms with E-state index in [0.717, 1.165) is 33.1 Å². The fraction of sp³-hybridized carbons (Fsp3) is 0.0244. The minimum atomic E-state index is 0.925. The average molecular weight is 535 g/mol. The van der Waals surface area contributed by atoms with Gasteiger partial charge in [0.25, 0.3) is 0 Å². The molecule has 0 saturated heterocycles. The van der Waals surface area contributed by atoms with Gasteiger partial charge in [-0.1, -0.05) is 133 Å². The average Bonchev–Trinajstić information content (AvgIpc) is 3.43. The van der Waals surface area contributed by atoms with Crippen molar-refractivity contribution < 1.29 is 4.42 Å². The summed E-state index contributed by atoms with van der Waals surface area (Å²) >= 11 is 0. The molecular weight excluding hydrogens is 508 g/mol. The number of rotatable bonds is 3. The number of hydrogen-bond acceptors (Lipinski definition) is 1. The number of para-hydroxylation sites is 2. The van der Waals surface area contributed by atoms with Crippen molar-refractivity contribution >= 4 is 54.3 Å². The second kappa shape index (κ2) is 8.80. The lowest BCUT2D eigenvalue weighted by Crippen LogP contribution is -1.91. The predicted octanol–water partition coefficient (Wildman–Crippen LogP) is 11.8. The molecule has 1 heteroatoms. The maximum absolute atomic E-state index is 6.35. The molecule has 0 aliphatic carbocycles. The summed E-state index contributed by atoms with van der Waals surface area (Å²) in [6.45, 7) is 2.15. The van der Waals surface area contributed by atoms with Crippen molar-refractivity contribution in [2.45, 2.75) is 6.92 Å². The molecule has 0 fully saturated rings. The summed E-state index contributed by atoms with van der Waals surface area (Å²) < 4.78 is 6.35. The van der Waals surface area contributed by atoms with E-state index in [2.05, 4.69) is 134 Å². The van der Waals surface area contributed by atoms with Crippen molar-refractivity contribution in [3.63, 3.8) is 0 Å². The van der Waals surface area contributed by atoms with Crippen LogP contribution in [0.25, 0.3) is 87.6 Å². The first-order valence-corrected chi connectivity index (χ1v) is 14.5. The maximum atomic E-state index is 6.35. The Labute approximate surface area is 243 Å². The summed E-state index contributed by atoms with van der Waals surface area (Å²) in [5.74, 6) is 0. The van der Waals surface area contributed by atoms with Crippen LogP contribution in [0.4, 0.5) is 0 Å². The SMILES string of the molecule is Cc1ccc(-c2cc(-c3ccc(-c4cccc5c4oc4ccccc45)cc3)c3ccc4cccc5ccc2c3c54)cc1. The lowest BCUT2D eigenvalue weighted by molar-refractivity contribution is 0.670. The highest BCUT2D eigenvalue weighted by molar-refractivity contribution is 6.28. The van der Waals surface area contributed by atoms with Crippen LogP contribution < -0.4 is 0 Å². The van der Waals surface area contributed by atoms with Crippen LogP contribution in [-0.4, -0.2) is 0 Å². The van der Waals surface area contributed by atoms with Crippen LogP contribution in [0.1, 0.15) is 5.56 Å². The molecule has 8 aromatic carbocycles. The molecule has 1 aromatic heterocycles. The van der Waals surface area contributed by atoms with Gasteiger partial charge in [-0.2, -0.15) is 0 Å². The van der Waals surface area contributed by atoms with Crippen molar-refractivity contribution in [1.82, 2.24) is 0 Å². The van der Waals surface area contributed by atoms with Crippen LogP contribution in [0, 0.1) is 6.92 Å². The van der Waals surface area contributed by atoms with Crippen LogP contribution in [0.15, 0.2) is 144 Å². The summed E-state index contributed by atoms with van der Waals surface area (Å²) in [5.41, 5.74) is 10.4. The molecule has 0 saturated carbocycles. The van der Waals surface area contributed by atoms with Crippen molar-refractivity contribution in [2.24, 2.45) is 0 Å². The molecule has 0 bridgehead atoms.